The van der Waals surface area contributed by atoms with Gasteiger partial charge in [-0.2, -0.15) is 0 Å². The number of rotatable bonds is 2. The number of aromatic nitrogens is 2. The van der Waals surface area contributed by atoms with E-state index in [4.69, 9.17) is 0 Å². The summed E-state index contributed by atoms with van der Waals surface area (Å²) in [5.74, 6) is -0.0410. The van der Waals surface area contributed by atoms with Crippen molar-refractivity contribution < 1.29 is 4.79 Å². The highest BCUT2D eigenvalue weighted by atomic mass is 16.2. The molecular formula is C19H18N4O. The fourth-order valence-corrected chi connectivity index (χ4v) is 3.21. The standard InChI is InChI=1S/C19H18N4O/c24-19(17-14-20-8-9-21-17)23-12-10-22(11-13-23)18-7-3-5-15-4-1-2-6-16(15)18/h1-9,14H,10-13H2. The van der Waals surface area contributed by atoms with Crippen molar-refractivity contribution in [2.75, 3.05) is 31.1 Å². The predicted octanol–water partition coefficient (Wildman–Crippen LogP) is 2.59. The third-order valence-corrected chi connectivity index (χ3v) is 4.46. The van der Waals surface area contributed by atoms with Crippen LogP contribution in [-0.2, 0) is 0 Å². The minimum atomic E-state index is -0.0410. The average molecular weight is 318 g/mol. The molecule has 0 aliphatic carbocycles. The van der Waals surface area contributed by atoms with E-state index in [0.717, 1.165) is 13.1 Å². The summed E-state index contributed by atoms with van der Waals surface area (Å²) >= 11 is 0. The van der Waals surface area contributed by atoms with Crippen LogP contribution in [0.3, 0.4) is 0 Å². The first-order chi connectivity index (χ1) is 11.8. The van der Waals surface area contributed by atoms with Gasteiger partial charge in [-0.25, -0.2) is 4.98 Å². The molecule has 0 bridgehead atoms. The van der Waals surface area contributed by atoms with E-state index in [0.29, 0.717) is 18.8 Å². The second-order valence-electron chi connectivity index (χ2n) is 5.87. The van der Waals surface area contributed by atoms with E-state index in [1.807, 2.05) is 4.90 Å². The average Bonchev–Trinajstić information content (AvgIpc) is 2.68. The van der Waals surface area contributed by atoms with Crippen molar-refractivity contribution >= 4 is 22.4 Å². The van der Waals surface area contributed by atoms with E-state index in [9.17, 15) is 4.79 Å². The molecule has 0 unspecified atom stereocenters. The summed E-state index contributed by atoms with van der Waals surface area (Å²) in [7, 11) is 0. The molecule has 1 aliphatic rings. The second kappa shape index (κ2) is 6.28. The van der Waals surface area contributed by atoms with Crippen LogP contribution < -0.4 is 4.90 Å². The Labute approximate surface area is 140 Å². The van der Waals surface area contributed by atoms with Crippen molar-refractivity contribution in [3.8, 4) is 0 Å². The molecule has 3 aromatic rings. The van der Waals surface area contributed by atoms with E-state index in [2.05, 4.69) is 57.3 Å². The zero-order valence-corrected chi connectivity index (χ0v) is 13.3. The second-order valence-corrected chi connectivity index (χ2v) is 5.87. The maximum atomic E-state index is 12.5. The van der Waals surface area contributed by atoms with Crippen molar-refractivity contribution in [1.82, 2.24) is 14.9 Å². The summed E-state index contributed by atoms with van der Waals surface area (Å²) in [5.41, 5.74) is 1.65. The number of piperazine rings is 1. The molecule has 0 radical (unpaired) electrons. The fourth-order valence-electron chi connectivity index (χ4n) is 3.21. The van der Waals surface area contributed by atoms with Gasteiger partial charge >= 0.3 is 0 Å². The number of anilines is 1. The van der Waals surface area contributed by atoms with Crippen molar-refractivity contribution in [1.29, 1.82) is 0 Å². The van der Waals surface area contributed by atoms with Crippen LogP contribution in [-0.4, -0.2) is 47.0 Å². The lowest BCUT2D eigenvalue weighted by atomic mass is 10.1. The zero-order valence-electron chi connectivity index (χ0n) is 13.3. The van der Waals surface area contributed by atoms with Crippen LogP contribution in [0.4, 0.5) is 5.69 Å². The third-order valence-electron chi connectivity index (χ3n) is 4.46. The highest BCUT2D eigenvalue weighted by molar-refractivity contribution is 5.95. The quantitative estimate of drug-likeness (QED) is 0.729. The molecule has 2 aromatic carbocycles. The summed E-state index contributed by atoms with van der Waals surface area (Å²) in [6, 6.07) is 14.8. The normalized spacial score (nSPS) is 14.8. The Morgan fingerprint density at radius 3 is 2.50 bits per heavy atom. The summed E-state index contributed by atoms with van der Waals surface area (Å²) in [6.07, 6.45) is 4.66. The minimum Gasteiger partial charge on any atom is -0.367 e. The Morgan fingerprint density at radius 2 is 1.71 bits per heavy atom. The zero-order chi connectivity index (χ0) is 16.4. The summed E-state index contributed by atoms with van der Waals surface area (Å²) in [6.45, 7) is 3.03. The van der Waals surface area contributed by atoms with Crippen molar-refractivity contribution in [3.63, 3.8) is 0 Å². The van der Waals surface area contributed by atoms with Crippen LogP contribution in [0.15, 0.2) is 61.1 Å². The van der Waals surface area contributed by atoms with Gasteiger partial charge in [0.05, 0.1) is 6.20 Å². The highest BCUT2D eigenvalue weighted by Crippen LogP contribution is 2.27. The molecule has 1 fully saturated rings. The van der Waals surface area contributed by atoms with E-state index in [1.165, 1.54) is 22.7 Å². The molecule has 1 saturated heterocycles. The molecule has 5 nitrogen and oxygen atoms in total. The largest absolute Gasteiger partial charge is 0.367 e. The molecule has 120 valence electrons. The minimum absolute atomic E-state index is 0.0410. The molecule has 4 rings (SSSR count). The van der Waals surface area contributed by atoms with Crippen molar-refractivity contribution in [2.45, 2.75) is 0 Å². The number of carbonyl (C=O) groups is 1. The van der Waals surface area contributed by atoms with Crippen LogP contribution >= 0.6 is 0 Å². The summed E-state index contributed by atoms with van der Waals surface area (Å²) < 4.78 is 0. The maximum Gasteiger partial charge on any atom is 0.274 e. The van der Waals surface area contributed by atoms with Crippen LogP contribution in [0.25, 0.3) is 10.8 Å². The Kier molecular flexibility index (Phi) is 3.83. The van der Waals surface area contributed by atoms with Gasteiger partial charge < -0.3 is 9.80 Å². The third kappa shape index (κ3) is 2.69. The molecule has 2 heterocycles. The molecule has 1 amide bonds. The van der Waals surface area contributed by atoms with E-state index in [-0.39, 0.29) is 5.91 Å². The molecular weight excluding hydrogens is 300 g/mol. The fraction of sp³-hybridized carbons (Fsp3) is 0.211. The topological polar surface area (TPSA) is 49.3 Å². The van der Waals surface area contributed by atoms with E-state index < -0.39 is 0 Å². The first-order valence-corrected chi connectivity index (χ1v) is 8.11. The van der Waals surface area contributed by atoms with Gasteiger partial charge in [0.1, 0.15) is 5.69 Å². The number of benzene rings is 2. The van der Waals surface area contributed by atoms with E-state index >= 15 is 0 Å². The lowest BCUT2D eigenvalue weighted by molar-refractivity contribution is 0.0740. The van der Waals surface area contributed by atoms with Gasteiger partial charge in [-0.15, -0.1) is 0 Å². The van der Waals surface area contributed by atoms with Crippen LogP contribution in [0.2, 0.25) is 0 Å². The Morgan fingerprint density at radius 1 is 0.917 bits per heavy atom. The number of nitrogens with zero attached hydrogens (tertiary/aromatic N) is 4. The molecule has 1 aromatic heterocycles. The van der Waals surface area contributed by atoms with Crippen molar-refractivity contribution in [2.24, 2.45) is 0 Å². The number of hydrogen-bond donors (Lipinski definition) is 0. The van der Waals surface area contributed by atoms with Gasteiger partial charge in [-0.3, -0.25) is 9.78 Å². The molecule has 24 heavy (non-hydrogen) atoms. The van der Waals surface area contributed by atoms with Gasteiger partial charge in [0, 0.05) is 49.6 Å². The Balaban J connectivity index is 1.51. The van der Waals surface area contributed by atoms with Gasteiger partial charge in [-0.05, 0) is 11.5 Å². The van der Waals surface area contributed by atoms with E-state index in [1.54, 1.807) is 12.4 Å². The summed E-state index contributed by atoms with van der Waals surface area (Å²) in [5, 5.41) is 2.50. The number of fused-ring (bicyclic) bond motifs is 1. The maximum absolute atomic E-state index is 12.5. The lowest BCUT2D eigenvalue weighted by Gasteiger charge is -2.36. The number of carbonyl (C=O) groups excluding carboxylic acids is 1. The SMILES string of the molecule is O=C(c1cnccn1)N1CCN(c2cccc3ccccc23)CC1. The monoisotopic (exact) mass is 318 g/mol. The Hall–Kier alpha value is -2.95. The molecule has 1 aliphatic heterocycles. The van der Waals surface area contributed by atoms with Gasteiger partial charge in [0.2, 0.25) is 0 Å². The highest BCUT2D eigenvalue weighted by Gasteiger charge is 2.23. The molecule has 0 atom stereocenters. The number of amides is 1. The predicted molar refractivity (Wildman–Crippen MR) is 94.1 cm³/mol. The lowest BCUT2D eigenvalue weighted by Crippen LogP contribution is -2.49. The van der Waals surface area contributed by atoms with Crippen molar-refractivity contribution in [3.05, 3.63) is 66.7 Å². The molecule has 0 N–H and O–H groups in total. The number of hydrogen-bond acceptors (Lipinski definition) is 4. The van der Waals surface area contributed by atoms with Gasteiger partial charge in [0.25, 0.3) is 5.91 Å². The van der Waals surface area contributed by atoms with Gasteiger partial charge in [0.15, 0.2) is 0 Å². The molecule has 0 spiro atoms. The molecule has 0 saturated carbocycles. The van der Waals surface area contributed by atoms with Gasteiger partial charge in [-0.1, -0.05) is 36.4 Å². The molecule has 5 heteroatoms. The van der Waals surface area contributed by atoms with Crippen LogP contribution in [0, 0.1) is 0 Å². The first-order valence-electron chi connectivity index (χ1n) is 8.11. The Bertz CT molecular complexity index is 852. The smallest absolute Gasteiger partial charge is 0.274 e. The summed E-state index contributed by atoms with van der Waals surface area (Å²) in [4.78, 5) is 24.7. The van der Waals surface area contributed by atoms with Crippen LogP contribution in [0.1, 0.15) is 10.5 Å². The van der Waals surface area contributed by atoms with Crippen LogP contribution in [0.5, 0.6) is 0 Å². The first kappa shape index (κ1) is 14.6.